The lowest BCUT2D eigenvalue weighted by Gasteiger charge is -2.19. The van der Waals surface area contributed by atoms with E-state index in [4.69, 9.17) is 0 Å². The number of nitrogens with one attached hydrogen (secondary N) is 1. The van der Waals surface area contributed by atoms with Crippen LogP contribution in [0, 0.1) is 5.92 Å². The van der Waals surface area contributed by atoms with Crippen LogP contribution in [0.3, 0.4) is 0 Å². The van der Waals surface area contributed by atoms with Gasteiger partial charge in [0, 0.05) is 50.0 Å². The van der Waals surface area contributed by atoms with Crippen LogP contribution in [0.4, 0.5) is 17.1 Å². The Bertz CT molecular complexity index is 1020. The minimum absolute atomic E-state index is 0.0335. The van der Waals surface area contributed by atoms with Crippen LogP contribution >= 0.6 is 0 Å². The molecular formula is C22H22N4O2. The molecule has 142 valence electrons. The number of carbonyl (C=O) groups excluding carboxylic acids is 2. The number of hydrogen-bond acceptors (Lipinski definition) is 4. The van der Waals surface area contributed by atoms with E-state index in [9.17, 15) is 9.59 Å². The molecule has 2 aromatic carbocycles. The van der Waals surface area contributed by atoms with Gasteiger partial charge in [0.25, 0.3) is 0 Å². The number of benzene rings is 2. The van der Waals surface area contributed by atoms with Gasteiger partial charge in [0.1, 0.15) is 0 Å². The Labute approximate surface area is 163 Å². The monoisotopic (exact) mass is 374 g/mol. The van der Waals surface area contributed by atoms with Crippen molar-refractivity contribution in [2.45, 2.75) is 6.42 Å². The molecule has 1 N–H and O–H groups in total. The molecule has 0 spiro atoms. The molecule has 2 amide bonds. The maximum absolute atomic E-state index is 12.8. The van der Waals surface area contributed by atoms with Crippen LogP contribution in [0.15, 0.2) is 60.8 Å². The fourth-order valence-electron chi connectivity index (χ4n) is 3.50. The summed E-state index contributed by atoms with van der Waals surface area (Å²) in [6.07, 6.45) is 1.91. The van der Waals surface area contributed by atoms with E-state index >= 15 is 0 Å². The van der Waals surface area contributed by atoms with Gasteiger partial charge in [-0.1, -0.05) is 18.2 Å². The summed E-state index contributed by atoms with van der Waals surface area (Å²) in [7, 11) is 3.94. The molecule has 0 radical (unpaired) electrons. The number of rotatable bonds is 4. The lowest BCUT2D eigenvalue weighted by Crippen LogP contribution is -2.28. The molecule has 1 fully saturated rings. The van der Waals surface area contributed by atoms with Crippen LogP contribution < -0.4 is 15.1 Å². The zero-order chi connectivity index (χ0) is 19.7. The van der Waals surface area contributed by atoms with E-state index in [1.54, 1.807) is 11.1 Å². The molecule has 0 bridgehead atoms. The quantitative estimate of drug-likeness (QED) is 0.761. The van der Waals surface area contributed by atoms with E-state index in [-0.39, 0.29) is 24.2 Å². The van der Waals surface area contributed by atoms with Gasteiger partial charge in [0.2, 0.25) is 11.8 Å². The average Bonchev–Trinajstić information content (AvgIpc) is 3.10. The Hall–Kier alpha value is -3.41. The van der Waals surface area contributed by atoms with Crippen LogP contribution in [-0.2, 0) is 9.59 Å². The number of fused-ring (bicyclic) bond motifs is 1. The number of para-hydroxylation sites is 1. The summed E-state index contributed by atoms with van der Waals surface area (Å²) in [5.74, 6) is -0.576. The van der Waals surface area contributed by atoms with Crippen LogP contribution in [0.1, 0.15) is 6.42 Å². The van der Waals surface area contributed by atoms with Gasteiger partial charge in [-0.05, 0) is 36.4 Å². The first-order chi connectivity index (χ1) is 13.5. The Morgan fingerprint density at radius 1 is 1.11 bits per heavy atom. The van der Waals surface area contributed by atoms with E-state index in [1.807, 2.05) is 73.6 Å². The zero-order valence-corrected chi connectivity index (χ0v) is 15.9. The number of pyridine rings is 1. The topological polar surface area (TPSA) is 65.5 Å². The number of anilines is 3. The lowest BCUT2D eigenvalue weighted by atomic mass is 10.1. The van der Waals surface area contributed by atoms with Gasteiger partial charge in [0.05, 0.1) is 17.1 Å². The third-order valence-corrected chi connectivity index (χ3v) is 5.06. The van der Waals surface area contributed by atoms with Crippen molar-refractivity contribution in [1.82, 2.24) is 4.98 Å². The van der Waals surface area contributed by atoms with Crippen LogP contribution in [0.5, 0.6) is 0 Å². The summed E-state index contributed by atoms with van der Waals surface area (Å²) < 4.78 is 0. The van der Waals surface area contributed by atoms with Crippen molar-refractivity contribution in [3.63, 3.8) is 0 Å². The number of hydrogen-bond donors (Lipinski definition) is 1. The first-order valence-corrected chi connectivity index (χ1v) is 9.25. The Morgan fingerprint density at radius 3 is 2.61 bits per heavy atom. The molecular weight excluding hydrogens is 352 g/mol. The molecule has 6 heteroatoms. The molecule has 1 aliphatic rings. The van der Waals surface area contributed by atoms with Crippen molar-refractivity contribution < 1.29 is 9.59 Å². The first-order valence-electron chi connectivity index (χ1n) is 9.25. The first kappa shape index (κ1) is 18.0. The summed E-state index contributed by atoms with van der Waals surface area (Å²) in [5.41, 5.74) is 3.30. The number of nitrogens with zero attached hydrogens (tertiary/aromatic N) is 3. The molecule has 6 nitrogen and oxygen atoms in total. The maximum Gasteiger partial charge on any atom is 0.229 e. The second-order valence-electron chi connectivity index (χ2n) is 7.19. The zero-order valence-electron chi connectivity index (χ0n) is 15.9. The normalized spacial score (nSPS) is 16.4. The molecule has 2 heterocycles. The van der Waals surface area contributed by atoms with Gasteiger partial charge < -0.3 is 15.1 Å². The maximum atomic E-state index is 12.8. The predicted octanol–water partition coefficient (Wildman–Crippen LogP) is 3.29. The van der Waals surface area contributed by atoms with E-state index in [0.29, 0.717) is 12.2 Å². The van der Waals surface area contributed by atoms with Crippen molar-refractivity contribution in [3.8, 4) is 0 Å². The average molecular weight is 374 g/mol. The van der Waals surface area contributed by atoms with Crippen LogP contribution in [-0.4, -0.2) is 37.4 Å². The van der Waals surface area contributed by atoms with Gasteiger partial charge in [0.15, 0.2) is 0 Å². The Kier molecular flexibility index (Phi) is 4.69. The van der Waals surface area contributed by atoms with Crippen molar-refractivity contribution in [2.24, 2.45) is 5.92 Å². The molecule has 1 aliphatic heterocycles. The molecule has 0 saturated carbocycles. The highest BCUT2D eigenvalue weighted by molar-refractivity contribution is 6.06. The summed E-state index contributed by atoms with van der Waals surface area (Å²) in [6.45, 7) is 0.379. The van der Waals surface area contributed by atoms with Gasteiger partial charge in [-0.15, -0.1) is 0 Å². The SMILES string of the molecule is CN(C)c1ccc(N2CC(C(=O)Nc3cccc4cccnc34)CC2=O)cc1. The molecule has 1 atom stereocenters. The van der Waals surface area contributed by atoms with E-state index in [2.05, 4.69) is 10.3 Å². The van der Waals surface area contributed by atoms with Crippen molar-refractivity contribution >= 4 is 39.8 Å². The summed E-state index contributed by atoms with van der Waals surface area (Å²) >= 11 is 0. The van der Waals surface area contributed by atoms with Crippen molar-refractivity contribution in [1.29, 1.82) is 0 Å². The predicted molar refractivity (Wildman–Crippen MR) is 112 cm³/mol. The van der Waals surface area contributed by atoms with Gasteiger partial charge in [-0.2, -0.15) is 0 Å². The van der Waals surface area contributed by atoms with Crippen molar-refractivity contribution in [3.05, 3.63) is 60.8 Å². The smallest absolute Gasteiger partial charge is 0.229 e. The van der Waals surface area contributed by atoms with Crippen molar-refractivity contribution in [2.75, 3.05) is 35.8 Å². The van der Waals surface area contributed by atoms with Crippen LogP contribution in [0.25, 0.3) is 10.9 Å². The highest BCUT2D eigenvalue weighted by Crippen LogP contribution is 2.28. The lowest BCUT2D eigenvalue weighted by molar-refractivity contribution is -0.122. The largest absolute Gasteiger partial charge is 0.378 e. The van der Waals surface area contributed by atoms with E-state index in [1.165, 1.54) is 0 Å². The fourth-order valence-corrected chi connectivity index (χ4v) is 3.50. The second-order valence-corrected chi connectivity index (χ2v) is 7.19. The molecule has 1 saturated heterocycles. The summed E-state index contributed by atoms with van der Waals surface area (Å²) in [4.78, 5) is 33.4. The third-order valence-electron chi connectivity index (χ3n) is 5.06. The number of aromatic nitrogens is 1. The summed E-state index contributed by atoms with van der Waals surface area (Å²) in [5, 5.41) is 3.92. The number of amides is 2. The van der Waals surface area contributed by atoms with E-state index < -0.39 is 0 Å². The molecule has 4 rings (SSSR count). The Balaban J connectivity index is 1.49. The minimum atomic E-state index is -0.389. The van der Waals surface area contributed by atoms with E-state index in [0.717, 1.165) is 22.3 Å². The molecule has 0 aliphatic carbocycles. The van der Waals surface area contributed by atoms with Crippen LogP contribution in [0.2, 0.25) is 0 Å². The standard InChI is InChI=1S/C22H22N4O2/c1-25(2)17-8-10-18(11-9-17)26-14-16(13-20(26)27)22(28)24-19-7-3-5-15-6-4-12-23-21(15)19/h3-12,16H,13-14H2,1-2H3,(H,24,28). The van der Waals surface area contributed by atoms with Gasteiger partial charge >= 0.3 is 0 Å². The Morgan fingerprint density at radius 2 is 1.86 bits per heavy atom. The molecule has 28 heavy (non-hydrogen) atoms. The minimum Gasteiger partial charge on any atom is -0.378 e. The van der Waals surface area contributed by atoms with Gasteiger partial charge in [-0.25, -0.2) is 0 Å². The highest BCUT2D eigenvalue weighted by Gasteiger charge is 2.35. The third kappa shape index (κ3) is 3.41. The molecule has 1 unspecified atom stereocenters. The summed E-state index contributed by atoms with van der Waals surface area (Å²) in [6, 6.07) is 17.3. The molecule has 1 aromatic heterocycles. The highest BCUT2D eigenvalue weighted by atomic mass is 16.2. The van der Waals surface area contributed by atoms with Gasteiger partial charge in [-0.3, -0.25) is 14.6 Å². The fraction of sp³-hybridized carbons (Fsp3) is 0.227. The second kappa shape index (κ2) is 7.31. The number of carbonyl (C=O) groups is 2. The molecule has 3 aromatic rings.